The summed E-state index contributed by atoms with van der Waals surface area (Å²) in [5.74, 6) is 1.82. The molecule has 0 aromatic heterocycles. The number of ether oxygens (including phenoxy) is 1. The fourth-order valence-electron chi connectivity index (χ4n) is 3.64. The lowest BCUT2D eigenvalue weighted by atomic mass is 10.0. The van der Waals surface area contributed by atoms with E-state index in [1.165, 1.54) is 5.56 Å². The van der Waals surface area contributed by atoms with Crippen molar-refractivity contribution in [3.8, 4) is 5.75 Å². The van der Waals surface area contributed by atoms with E-state index in [0.29, 0.717) is 10.8 Å². The lowest BCUT2D eigenvalue weighted by molar-refractivity contribution is 0.226. The van der Waals surface area contributed by atoms with Crippen molar-refractivity contribution in [3.05, 3.63) is 28.2 Å². The zero-order chi connectivity index (χ0) is 14.5. The lowest BCUT2D eigenvalue weighted by Gasteiger charge is -2.12. The minimum absolute atomic E-state index is 0.282. The van der Waals surface area contributed by atoms with Crippen LogP contribution in [0, 0.1) is 16.7 Å². The molecule has 1 heterocycles. The molecule has 110 valence electrons. The molecule has 3 heteroatoms. The van der Waals surface area contributed by atoms with Crippen molar-refractivity contribution in [1.82, 2.24) is 5.32 Å². The van der Waals surface area contributed by atoms with Gasteiger partial charge in [-0.1, -0.05) is 43.6 Å². The van der Waals surface area contributed by atoms with Crippen molar-refractivity contribution in [2.24, 2.45) is 16.7 Å². The second-order valence-corrected chi connectivity index (χ2v) is 8.27. The molecule has 1 atom stereocenters. The first-order valence-electron chi connectivity index (χ1n) is 7.48. The van der Waals surface area contributed by atoms with Gasteiger partial charge < -0.3 is 10.1 Å². The Morgan fingerprint density at radius 1 is 1.20 bits per heavy atom. The van der Waals surface area contributed by atoms with Gasteiger partial charge in [-0.15, -0.1) is 0 Å². The summed E-state index contributed by atoms with van der Waals surface area (Å²) >= 11 is 3.52. The van der Waals surface area contributed by atoms with Crippen LogP contribution in [0.15, 0.2) is 22.7 Å². The number of halogens is 1. The fraction of sp³-hybridized carbons (Fsp3) is 0.647. The van der Waals surface area contributed by atoms with Gasteiger partial charge >= 0.3 is 0 Å². The van der Waals surface area contributed by atoms with Gasteiger partial charge in [0.2, 0.25) is 0 Å². The van der Waals surface area contributed by atoms with Crippen LogP contribution in [0.3, 0.4) is 0 Å². The van der Waals surface area contributed by atoms with E-state index in [4.69, 9.17) is 4.74 Å². The SMILES string of the molecule is CC1(C)C(CNCC2Cc3cc(Br)ccc3O2)C1(C)C. The summed E-state index contributed by atoms with van der Waals surface area (Å²) in [6, 6.07) is 6.28. The number of hydrogen-bond acceptors (Lipinski definition) is 2. The molecule has 1 unspecified atom stereocenters. The topological polar surface area (TPSA) is 21.3 Å². The van der Waals surface area contributed by atoms with Crippen LogP contribution in [0.4, 0.5) is 0 Å². The number of rotatable bonds is 4. The predicted molar refractivity (Wildman–Crippen MR) is 86.2 cm³/mol. The summed E-state index contributed by atoms with van der Waals surface area (Å²) in [6.45, 7) is 11.5. The van der Waals surface area contributed by atoms with Gasteiger partial charge in [-0.05, 0) is 47.1 Å². The van der Waals surface area contributed by atoms with Gasteiger partial charge in [-0.3, -0.25) is 0 Å². The first-order chi connectivity index (χ1) is 9.32. The van der Waals surface area contributed by atoms with Crippen LogP contribution in [0.5, 0.6) is 5.75 Å². The van der Waals surface area contributed by atoms with Crippen LogP contribution in [-0.2, 0) is 6.42 Å². The second kappa shape index (κ2) is 4.74. The monoisotopic (exact) mass is 337 g/mol. The minimum atomic E-state index is 0.282. The molecule has 0 amide bonds. The molecule has 0 saturated heterocycles. The molecule has 2 nitrogen and oxygen atoms in total. The highest BCUT2D eigenvalue weighted by Gasteiger charge is 2.63. The molecular formula is C17H24BrNO. The summed E-state index contributed by atoms with van der Waals surface area (Å²) in [4.78, 5) is 0. The summed E-state index contributed by atoms with van der Waals surface area (Å²) in [7, 11) is 0. The van der Waals surface area contributed by atoms with Crippen LogP contribution < -0.4 is 10.1 Å². The van der Waals surface area contributed by atoms with Gasteiger partial charge in [0, 0.05) is 17.4 Å². The number of nitrogens with one attached hydrogen (secondary N) is 1. The Bertz CT molecular complexity index is 510. The third-order valence-electron chi connectivity index (χ3n) is 5.80. The molecule has 1 aromatic rings. The van der Waals surface area contributed by atoms with Gasteiger partial charge in [0.25, 0.3) is 0 Å². The van der Waals surface area contributed by atoms with E-state index in [2.05, 4.69) is 61.1 Å². The first kappa shape index (κ1) is 14.4. The van der Waals surface area contributed by atoms with E-state index in [1.54, 1.807) is 0 Å². The van der Waals surface area contributed by atoms with Crippen molar-refractivity contribution in [1.29, 1.82) is 0 Å². The maximum atomic E-state index is 5.98. The molecule has 0 radical (unpaired) electrons. The Labute approximate surface area is 130 Å². The van der Waals surface area contributed by atoms with Crippen molar-refractivity contribution >= 4 is 15.9 Å². The second-order valence-electron chi connectivity index (χ2n) is 7.35. The zero-order valence-electron chi connectivity index (χ0n) is 12.8. The lowest BCUT2D eigenvalue weighted by Crippen LogP contribution is -2.32. The molecule has 1 aliphatic carbocycles. The minimum Gasteiger partial charge on any atom is -0.488 e. The summed E-state index contributed by atoms with van der Waals surface area (Å²) in [5.41, 5.74) is 2.24. The van der Waals surface area contributed by atoms with Crippen molar-refractivity contribution in [3.63, 3.8) is 0 Å². The van der Waals surface area contributed by atoms with E-state index in [1.807, 2.05) is 6.07 Å². The van der Waals surface area contributed by atoms with E-state index in [9.17, 15) is 0 Å². The van der Waals surface area contributed by atoms with Gasteiger partial charge in [0.15, 0.2) is 0 Å². The Morgan fingerprint density at radius 3 is 2.55 bits per heavy atom. The molecule has 20 heavy (non-hydrogen) atoms. The highest BCUT2D eigenvalue weighted by Crippen LogP contribution is 2.67. The highest BCUT2D eigenvalue weighted by molar-refractivity contribution is 9.10. The Kier molecular flexibility index (Phi) is 3.41. The largest absolute Gasteiger partial charge is 0.488 e. The van der Waals surface area contributed by atoms with Crippen molar-refractivity contribution in [2.75, 3.05) is 13.1 Å². The van der Waals surface area contributed by atoms with Gasteiger partial charge in [0.1, 0.15) is 11.9 Å². The molecule has 2 aliphatic rings. The Balaban J connectivity index is 1.48. The standard InChI is InChI=1S/C17H24BrNO/c1-16(2)15(17(16,3)4)10-19-9-13-8-11-7-12(18)5-6-14(11)20-13/h5-7,13,15,19H,8-10H2,1-4H3. The number of fused-ring (bicyclic) bond motifs is 1. The predicted octanol–water partition coefficient (Wildman–Crippen LogP) is 4.02. The maximum Gasteiger partial charge on any atom is 0.123 e. The fourth-order valence-corrected chi connectivity index (χ4v) is 4.04. The van der Waals surface area contributed by atoms with Crippen LogP contribution in [-0.4, -0.2) is 19.2 Å². The summed E-state index contributed by atoms with van der Waals surface area (Å²) in [5, 5.41) is 3.61. The first-order valence-corrected chi connectivity index (χ1v) is 8.27. The van der Waals surface area contributed by atoms with Crippen LogP contribution in [0.2, 0.25) is 0 Å². The normalized spacial score (nSPS) is 26.1. The molecule has 3 rings (SSSR count). The van der Waals surface area contributed by atoms with E-state index < -0.39 is 0 Å². The average Bonchev–Trinajstić information content (AvgIpc) is 2.68. The molecule has 1 N–H and O–H groups in total. The van der Waals surface area contributed by atoms with E-state index in [-0.39, 0.29) is 6.10 Å². The Hall–Kier alpha value is -0.540. The van der Waals surface area contributed by atoms with Crippen LogP contribution >= 0.6 is 15.9 Å². The third kappa shape index (κ3) is 2.29. The number of hydrogen-bond donors (Lipinski definition) is 1. The summed E-state index contributed by atoms with van der Waals surface area (Å²) in [6.07, 6.45) is 1.29. The van der Waals surface area contributed by atoms with Gasteiger partial charge in [0.05, 0.1) is 0 Å². The van der Waals surface area contributed by atoms with E-state index >= 15 is 0 Å². The van der Waals surface area contributed by atoms with Crippen LogP contribution in [0.1, 0.15) is 33.3 Å². The Morgan fingerprint density at radius 2 is 1.90 bits per heavy atom. The number of benzene rings is 1. The zero-order valence-corrected chi connectivity index (χ0v) is 14.4. The maximum absolute atomic E-state index is 5.98. The summed E-state index contributed by atoms with van der Waals surface area (Å²) < 4.78 is 7.12. The van der Waals surface area contributed by atoms with E-state index in [0.717, 1.165) is 35.7 Å². The van der Waals surface area contributed by atoms with Gasteiger partial charge in [-0.2, -0.15) is 0 Å². The van der Waals surface area contributed by atoms with Crippen molar-refractivity contribution in [2.45, 2.75) is 40.2 Å². The molecule has 0 bridgehead atoms. The van der Waals surface area contributed by atoms with Gasteiger partial charge in [-0.25, -0.2) is 0 Å². The third-order valence-corrected chi connectivity index (χ3v) is 6.30. The molecule has 1 aromatic carbocycles. The average molecular weight is 338 g/mol. The molecule has 1 aliphatic heterocycles. The van der Waals surface area contributed by atoms with Crippen LogP contribution in [0.25, 0.3) is 0 Å². The molecule has 0 spiro atoms. The molecule has 1 saturated carbocycles. The molecule has 1 fully saturated rings. The van der Waals surface area contributed by atoms with Crippen molar-refractivity contribution < 1.29 is 4.74 Å². The quantitative estimate of drug-likeness (QED) is 0.895. The molecular weight excluding hydrogens is 314 g/mol. The smallest absolute Gasteiger partial charge is 0.123 e. The highest BCUT2D eigenvalue weighted by atomic mass is 79.9.